The van der Waals surface area contributed by atoms with Gasteiger partial charge in [-0.05, 0) is 164 Å². The molecule has 9 nitrogen and oxygen atoms in total. The number of benzene rings is 2. The summed E-state index contributed by atoms with van der Waals surface area (Å²) >= 11 is 0. The first kappa shape index (κ1) is 37.2. The molecule has 2 aromatic carbocycles. The number of piperidine rings is 1. The summed E-state index contributed by atoms with van der Waals surface area (Å²) in [7, 11) is 0. The lowest BCUT2D eigenvalue weighted by molar-refractivity contribution is -0.144. The van der Waals surface area contributed by atoms with Crippen molar-refractivity contribution >= 4 is 23.3 Å². The van der Waals surface area contributed by atoms with Gasteiger partial charge in [0.15, 0.2) is 5.78 Å². The zero-order valence-corrected chi connectivity index (χ0v) is 32.1. The molecule has 0 unspecified atom stereocenters. The molecule has 2 aromatic heterocycles. The van der Waals surface area contributed by atoms with E-state index in [9.17, 15) is 19.5 Å². The second kappa shape index (κ2) is 16.2. The molecule has 1 amide bonds. The maximum absolute atomic E-state index is 13.8. The van der Waals surface area contributed by atoms with Crippen LogP contribution in [-0.4, -0.2) is 63.4 Å². The zero-order valence-electron chi connectivity index (χ0n) is 32.1. The predicted molar refractivity (Wildman–Crippen MR) is 213 cm³/mol. The monoisotopic (exact) mass is 740 g/mol. The Balaban J connectivity index is 0.971. The van der Waals surface area contributed by atoms with Gasteiger partial charge in [-0.2, -0.15) is 0 Å². The van der Waals surface area contributed by atoms with Crippen LogP contribution in [0.1, 0.15) is 130 Å². The molecule has 9 heteroatoms. The number of aromatic nitrogens is 2. The number of carbonyl (C=O) groups excluding carboxylic acids is 2. The number of ketones is 1. The van der Waals surface area contributed by atoms with Crippen LogP contribution in [0.2, 0.25) is 0 Å². The number of hydrogen-bond acceptors (Lipinski definition) is 7. The predicted octanol–water partition coefficient (Wildman–Crippen LogP) is 8.60. The van der Waals surface area contributed by atoms with E-state index in [1.165, 1.54) is 11.1 Å². The van der Waals surface area contributed by atoms with E-state index in [-0.39, 0.29) is 18.1 Å². The molecule has 4 aliphatic rings. The third-order valence-corrected chi connectivity index (χ3v) is 12.4. The van der Waals surface area contributed by atoms with Crippen LogP contribution in [-0.2, 0) is 28.9 Å². The number of ether oxygens (including phenoxy) is 1. The van der Waals surface area contributed by atoms with Crippen LogP contribution < -0.4 is 5.32 Å². The number of aryl methyl sites for hydroxylation is 1. The first-order valence-corrected chi connectivity index (χ1v) is 20.3. The van der Waals surface area contributed by atoms with Crippen molar-refractivity contribution < 1.29 is 24.2 Å². The van der Waals surface area contributed by atoms with E-state index in [0.29, 0.717) is 42.1 Å². The van der Waals surface area contributed by atoms with E-state index >= 15 is 0 Å². The van der Waals surface area contributed by atoms with Crippen LogP contribution in [0.25, 0.3) is 11.1 Å². The van der Waals surface area contributed by atoms with E-state index in [1.807, 2.05) is 55.7 Å². The fourth-order valence-corrected chi connectivity index (χ4v) is 8.69. The fourth-order valence-electron chi connectivity index (χ4n) is 8.69. The molecule has 2 N–H and O–H groups in total. The van der Waals surface area contributed by atoms with E-state index in [1.54, 1.807) is 0 Å². The maximum atomic E-state index is 13.8. The summed E-state index contributed by atoms with van der Waals surface area (Å²) in [4.78, 5) is 50.7. The standard InChI is InChI=1S/C46H52N4O5/c1-28-33(21-44(51)41-22-39(32-16-17-32)35(25-47-41)26-50-19-4-3-11-43(50)46(53)54)7-5-8-36(28)37-9-6-10-40(29(37)2)49-45(52)42-23-38(31-14-15-31)34(24-48-42)13-12-30-18-20-55-27-30/h5-10,22-25,30-32,43H,3-4,11-21,26-27H2,1-2H3,(H,49,52)(H,53,54)/t30-,43-/m0/s1. The first-order valence-electron chi connectivity index (χ1n) is 20.3. The van der Waals surface area contributed by atoms with Gasteiger partial charge in [0.2, 0.25) is 0 Å². The van der Waals surface area contributed by atoms with Gasteiger partial charge in [-0.25, -0.2) is 0 Å². The molecule has 2 atom stereocenters. The Hall–Kier alpha value is -4.73. The summed E-state index contributed by atoms with van der Waals surface area (Å²) < 4.78 is 5.58. The zero-order chi connectivity index (χ0) is 38.1. The highest BCUT2D eigenvalue weighted by molar-refractivity contribution is 6.04. The normalized spacial score (nSPS) is 20.0. The van der Waals surface area contributed by atoms with Crippen molar-refractivity contribution in [2.45, 2.75) is 109 Å². The van der Waals surface area contributed by atoms with Gasteiger partial charge < -0.3 is 15.2 Å². The van der Waals surface area contributed by atoms with Crippen LogP contribution in [0.15, 0.2) is 60.9 Å². The number of carboxylic acids is 1. The topological polar surface area (TPSA) is 122 Å². The molecule has 4 heterocycles. The van der Waals surface area contributed by atoms with Gasteiger partial charge in [0.1, 0.15) is 17.4 Å². The minimum atomic E-state index is -0.765. The summed E-state index contributed by atoms with van der Waals surface area (Å²) in [5.41, 5.74) is 11.3. The van der Waals surface area contributed by atoms with E-state index in [4.69, 9.17) is 4.74 Å². The Morgan fingerprint density at radius 3 is 2.24 bits per heavy atom. The number of likely N-dealkylation sites (tertiary alicyclic amines) is 1. The molecule has 2 aliphatic carbocycles. The second-order valence-electron chi connectivity index (χ2n) is 16.3. The van der Waals surface area contributed by atoms with E-state index < -0.39 is 12.0 Å². The van der Waals surface area contributed by atoms with Crippen molar-refractivity contribution in [3.05, 3.63) is 111 Å². The second-order valence-corrected chi connectivity index (χ2v) is 16.3. The van der Waals surface area contributed by atoms with Gasteiger partial charge in [-0.15, -0.1) is 0 Å². The molecule has 4 fully saturated rings. The van der Waals surface area contributed by atoms with Crippen molar-refractivity contribution in [2.75, 3.05) is 25.1 Å². The molecule has 2 aliphatic heterocycles. The van der Waals surface area contributed by atoms with Crippen LogP contribution in [0.4, 0.5) is 5.69 Å². The third-order valence-electron chi connectivity index (χ3n) is 12.4. The van der Waals surface area contributed by atoms with E-state index in [2.05, 4.69) is 39.2 Å². The number of carbonyl (C=O) groups is 3. The molecule has 8 rings (SSSR count). The largest absolute Gasteiger partial charge is 0.480 e. The van der Waals surface area contributed by atoms with Crippen molar-refractivity contribution in [2.24, 2.45) is 5.92 Å². The van der Waals surface area contributed by atoms with Crippen molar-refractivity contribution in [1.82, 2.24) is 14.9 Å². The number of Topliss-reactive ketones (excluding diaryl/α,β-unsaturated/α-hetero) is 1. The van der Waals surface area contributed by atoms with Gasteiger partial charge >= 0.3 is 5.97 Å². The number of pyridine rings is 2. The molecule has 0 radical (unpaired) electrons. The number of nitrogens with zero attached hydrogens (tertiary/aromatic N) is 3. The Kier molecular flexibility index (Phi) is 10.9. The highest BCUT2D eigenvalue weighted by atomic mass is 16.5. The molecule has 0 bridgehead atoms. The molecule has 0 spiro atoms. The fraction of sp³-hybridized carbons (Fsp3) is 0.457. The molecule has 2 saturated carbocycles. The Bertz CT molecular complexity index is 2100. The number of nitrogens with one attached hydrogen (secondary N) is 1. The molecule has 55 heavy (non-hydrogen) atoms. The minimum Gasteiger partial charge on any atom is -0.480 e. The molecule has 2 saturated heterocycles. The molecular weight excluding hydrogens is 689 g/mol. The summed E-state index contributed by atoms with van der Waals surface area (Å²) in [6.45, 7) is 7.09. The number of anilines is 1. The number of hydrogen-bond donors (Lipinski definition) is 2. The van der Waals surface area contributed by atoms with Crippen LogP contribution in [0.5, 0.6) is 0 Å². The lowest BCUT2D eigenvalue weighted by Crippen LogP contribution is -2.44. The Morgan fingerprint density at radius 2 is 1.51 bits per heavy atom. The Labute approximate surface area is 323 Å². The summed E-state index contributed by atoms with van der Waals surface area (Å²) in [6.07, 6.45) is 14.2. The van der Waals surface area contributed by atoms with Gasteiger partial charge in [-0.1, -0.05) is 36.8 Å². The number of aliphatic carboxylic acids is 1. The van der Waals surface area contributed by atoms with E-state index in [0.717, 1.165) is 122 Å². The quantitative estimate of drug-likeness (QED) is 0.123. The Morgan fingerprint density at radius 1 is 0.818 bits per heavy atom. The van der Waals surface area contributed by atoms with Crippen LogP contribution >= 0.6 is 0 Å². The molecule has 4 aromatic rings. The highest BCUT2D eigenvalue weighted by Gasteiger charge is 2.33. The number of carboxylic acid groups (broad SMARTS) is 1. The van der Waals surface area contributed by atoms with Gasteiger partial charge in [0.25, 0.3) is 5.91 Å². The van der Waals surface area contributed by atoms with Gasteiger partial charge in [0, 0.05) is 44.3 Å². The van der Waals surface area contributed by atoms with Crippen molar-refractivity contribution in [3.8, 4) is 11.1 Å². The number of amides is 1. The third kappa shape index (κ3) is 8.43. The minimum absolute atomic E-state index is 0.0375. The van der Waals surface area contributed by atoms with Crippen LogP contribution in [0, 0.1) is 19.8 Å². The SMILES string of the molecule is Cc1c(CC(=O)c2cc(C3CC3)c(CN3CCCC[C@H]3C(=O)O)cn2)cccc1-c1cccc(NC(=O)c2cc(C3CC3)c(CC[C@H]3CCOC3)cn2)c1C. The van der Waals surface area contributed by atoms with Crippen LogP contribution in [0.3, 0.4) is 0 Å². The summed E-state index contributed by atoms with van der Waals surface area (Å²) in [5.74, 6) is 0.511. The molecule has 286 valence electrons. The lowest BCUT2D eigenvalue weighted by atomic mass is 9.90. The maximum Gasteiger partial charge on any atom is 0.320 e. The van der Waals surface area contributed by atoms with Crippen molar-refractivity contribution in [1.29, 1.82) is 0 Å². The number of rotatable bonds is 14. The van der Waals surface area contributed by atoms with Gasteiger partial charge in [0.05, 0.1) is 0 Å². The lowest BCUT2D eigenvalue weighted by Gasteiger charge is -2.33. The smallest absolute Gasteiger partial charge is 0.320 e. The summed E-state index contributed by atoms with van der Waals surface area (Å²) in [6, 6.07) is 15.5. The average molecular weight is 741 g/mol. The van der Waals surface area contributed by atoms with Crippen molar-refractivity contribution in [3.63, 3.8) is 0 Å². The average Bonchev–Trinajstić information content (AvgIpc) is 4.14. The van der Waals surface area contributed by atoms with Gasteiger partial charge in [-0.3, -0.25) is 29.3 Å². The summed E-state index contributed by atoms with van der Waals surface area (Å²) in [5, 5.41) is 13.0. The molecular formula is C46H52N4O5. The first-order chi connectivity index (χ1) is 26.7. The highest BCUT2D eigenvalue weighted by Crippen LogP contribution is 2.43.